The molecule has 1 unspecified atom stereocenters. The van der Waals surface area contributed by atoms with Crippen molar-refractivity contribution in [3.05, 3.63) is 18.0 Å². The van der Waals surface area contributed by atoms with E-state index in [1.807, 2.05) is 7.05 Å². The largest absolute Gasteiger partial charge is 0.390 e. The highest BCUT2D eigenvalue weighted by molar-refractivity contribution is 7.89. The van der Waals surface area contributed by atoms with Crippen molar-refractivity contribution < 1.29 is 13.5 Å². The average molecular weight is 301 g/mol. The lowest BCUT2D eigenvalue weighted by Gasteiger charge is -2.32. The predicted molar refractivity (Wildman–Crippen MR) is 76.8 cm³/mol. The van der Waals surface area contributed by atoms with E-state index in [1.54, 1.807) is 11.6 Å². The van der Waals surface area contributed by atoms with Gasteiger partial charge in [-0.05, 0) is 32.5 Å². The molecule has 2 N–H and O–H groups in total. The lowest BCUT2D eigenvalue weighted by Crippen LogP contribution is -2.44. The van der Waals surface area contributed by atoms with E-state index in [9.17, 15) is 8.42 Å². The van der Waals surface area contributed by atoms with Crippen LogP contribution in [0.5, 0.6) is 0 Å². The maximum absolute atomic E-state index is 12.2. The lowest BCUT2D eigenvalue weighted by atomic mass is 10.0. The molecule has 1 saturated heterocycles. The molecule has 0 bridgehead atoms. The fourth-order valence-corrected chi connectivity index (χ4v) is 3.74. The number of nitrogens with zero attached hydrogens (tertiary/aromatic N) is 2. The van der Waals surface area contributed by atoms with Crippen LogP contribution in [0.1, 0.15) is 25.0 Å². The molecule has 0 amide bonds. The van der Waals surface area contributed by atoms with Crippen LogP contribution in [0.15, 0.2) is 17.2 Å². The summed E-state index contributed by atoms with van der Waals surface area (Å²) in [4.78, 5) is 2.42. The van der Waals surface area contributed by atoms with Gasteiger partial charge < -0.3 is 14.6 Å². The van der Waals surface area contributed by atoms with E-state index in [4.69, 9.17) is 5.11 Å². The molecule has 1 aromatic heterocycles. The summed E-state index contributed by atoms with van der Waals surface area (Å²) < 4.78 is 28.8. The quantitative estimate of drug-likeness (QED) is 0.819. The van der Waals surface area contributed by atoms with Gasteiger partial charge in [-0.2, -0.15) is 0 Å². The maximum Gasteiger partial charge on any atom is 0.242 e. The molecule has 1 aromatic rings. The van der Waals surface area contributed by atoms with Crippen LogP contribution < -0.4 is 4.72 Å². The van der Waals surface area contributed by atoms with Gasteiger partial charge >= 0.3 is 0 Å². The first kappa shape index (κ1) is 15.5. The Morgan fingerprint density at radius 1 is 1.40 bits per heavy atom. The van der Waals surface area contributed by atoms with E-state index < -0.39 is 10.0 Å². The fourth-order valence-electron chi connectivity index (χ4n) is 2.57. The number of sulfonamides is 1. The first-order valence-corrected chi connectivity index (χ1v) is 8.38. The van der Waals surface area contributed by atoms with Crippen LogP contribution in [0.2, 0.25) is 0 Å². The highest BCUT2D eigenvalue weighted by Crippen LogP contribution is 2.16. The van der Waals surface area contributed by atoms with Gasteiger partial charge in [-0.3, -0.25) is 0 Å². The highest BCUT2D eigenvalue weighted by Gasteiger charge is 2.23. The van der Waals surface area contributed by atoms with Crippen LogP contribution in [0, 0.1) is 0 Å². The highest BCUT2D eigenvalue weighted by atomic mass is 32.2. The Hall–Kier alpha value is -0.890. The molecule has 1 aliphatic heterocycles. The van der Waals surface area contributed by atoms with Crippen molar-refractivity contribution in [2.45, 2.75) is 36.8 Å². The number of hydrogen-bond acceptors (Lipinski definition) is 4. The molecule has 1 aliphatic rings. The van der Waals surface area contributed by atoms with Crippen molar-refractivity contribution in [1.29, 1.82) is 0 Å². The molecule has 2 heterocycles. The molecule has 2 rings (SSSR count). The third-order valence-electron chi connectivity index (χ3n) is 3.99. The monoisotopic (exact) mass is 301 g/mol. The van der Waals surface area contributed by atoms with Crippen LogP contribution in [0.25, 0.3) is 0 Å². The molecule has 0 radical (unpaired) electrons. The van der Waals surface area contributed by atoms with E-state index in [0.29, 0.717) is 12.2 Å². The summed E-state index contributed by atoms with van der Waals surface area (Å²) in [7, 11) is 0.251. The number of aryl methyl sites for hydroxylation is 1. The molecule has 0 aliphatic carbocycles. The second-order valence-corrected chi connectivity index (χ2v) is 7.19. The van der Waals surface area contributed by atoms with Crippen molar-refractivity contribution in [3.63, 3.8) is 0 Å². The van der Waals surface area contributed by atoms with Gasteiger partial charge in [0.15, 0.2) is 0 Å². The van der Waals surface area contributed by atoms with E-state index in [-0.39, 0.29) is 17.5 Å². The number of nitrogens with one attached hydrogen (secondary N) is 1. The smallest absolute Gasteiger partial charge is 0.242 e. The molecule has 6 nitrogen and oxygen atoms in total. The van der Waals surface area contributed by atoms with E-state index in [1.165, 1.54) is 18.7 Å². The average Bonchev–Trinajstić information content (AvgIpc) is 2.80. The summed E-state index contributed by atoms with van der Waals surface area (Å²) >= 11 is 0. The summed E-state index contributed by atoms with van der Waals surface area (Å²) in [6.45, 7) is 1.28. The maximum atomic E-state index is 12.2. The minimum absolute atomic E-state index is 0.169. The summed E-state index contributed by atoms with van der Waals surface area (Å²) in [6, 6.07) is 1.77. The third kappa shape index (κ3) is 3.41. The number of piperidine rings is 1. The number of aromatic nitrogens is 1. The van der Waals surface area contributed by atoms with Crippen LogP contribution in [-0.2, 0) is 23.7 Å². The summed E-state index contributed by atoms with van der Waals surface area (Å²) in [5, 5.41) is 9.12. The molecular formula is C13H23N3O3S. The van der Waals surface area contributed by atoms with Gasteiger partial charge in [-0.25, -0.2) is 13.1 Å². The molecule has 1 atom stereocenters. The Bertz CT molecular complexity index is 553. The van der Waals surface area contributed by atoms with Gasteiger partial charge in [0.1, 0.15) is 0 Å². The zero-order chi connectivity index (χ0) is 14.8. The summed E-state index contributed by atoms with van der Waals surface area (Å²) in [5.41, 5.74) is 0.583. The van der Waals surface area contributed by atoms with Crippen molar-refractivity contribution in [1.82, 2.24) is 14.2 Å². The minimum atomic E-state index is -3.50. The molecule has 114 valence electrons. The third-order valence-corrected chi connectivity index (χ3v) is 5.38. The number of aliphatic hydroxyl groups excluding tert-OH is 1. The van der Waals surface area contributed by atoms with Crippen LogP contribution in [-0.4, -0.2) is 49.2 Å². The van der Waals surface area contributed by atoms with Gasteiger partial charge in [0.25, 0.3) is 0 Å². The Kier molecular flexibility index (Phi) is 4.85. The Labute approximate surface area is 120 Å². The first-order valence-electron chi connectivity index (χ1n) is 6.90. The van der Waals surface area contributed by atoms with Crippen molar-refractivity contribution in [2.75, 3.05) is 20.1 Å². The SMILES string of the molecule is CN1CCCCC1CNS(=O)(=O)c1cc(CO)n(C)c1. The molecule has 0 saturated carbocycles. The zero-order valence-corrected chi connectivity index (χ0v) is 12.9. The molecule has 7 heteroatoms. The molecule has 20 heavy (non-hydrogen) atoms. The van der Waals surface area contributed by atoms with Gasteiger partial charge in [0.05, 0.1) is 11.5 Å². The first-order chi connectivity index (χ1) is 9.44. The van der Waals surface area contributed by atoms with Gasteiger partial charge in [-0.1, -0.05) is 6.42 Å². The molecule has 0 spiro atoms. The number of likely N-dealkylation sites (N-methyl/N-ethyl adjacent to an activating group) is 1. The Morgan fingerprint density at radius 2 is 2.15 bits per heavy atom. The van der Waals surface area contributed by atoms with Crippen molar-refractivity contribution in [3.8, 4) is 0 Å². The Balaban J connectivity index is 2.03. The lowest BCUT2D eigenvalue weighted by molar-refractivity contribution is 0.187. The number of hydrogen-bond donors (Lipinski definition) is 2. The number of rotatable bonds is 5. The fraction of sp³-hybridized carbons (Fsp3) is 0.692. The van der Waals surface area contributed by atoms with E-state index in [2.05, 4.69) is 9.62 Å². The van der Waals surface area contributed by atoms with Crippen LogP contribution in [0.3, 0.4) is 0 Å². The minimum Gasteiger partial charge on any atom is -0.390 e. The molecule has 1 fully saturated rings. The molecule has 0 aromatic carbocycles. The topological polar surface area (TPSA) is 74.6 Å². The summed E-state index contributed by atoms with van der Waals surface area (Å²) in [5.74, 6) is 0. The van der Waals surface area contributed by atoms with Crippen molar-refractivity contribution in [2.24, 2.45) is 7.05 Å². The summed E-state index contributed by atoms with van der Waals surface area (Å²) in [6.07, 6.45) is 4.88. The zero-order valence-electron chi connectivity index (χ0n) is 12.0. The van der Waals surface area contributed by atoms with Crippen LogP contribution in [0.4, 0.5) is 0 Å². The number of likely N-dealkylation sites (tertiary alicyclic amines) is 1. The van der Waals surface area contributed by atoms with Crippen molar-refractivity contribution >= 4 is 10.0 Å². The van der Waals surface area contributed by atoms with Gasteiger partial charge in [-0.15, -0.1) is 0 Å². The normalized spacial score (nSPS) is 21.2. The van der Waals surface area contributed by atoms with E-state index >= 15 is 0 Å². The van der Waals surface area contributed by atoms with Crippen LogP contribution >= 0.6 is 0 Å². The van der Waals surface area contributed by atoms with Gasteiger partial charge in [0, 0.05) is 31.5 Å². The predicted octanol–water partition coefficient (Wildman–Crippen LogP) is 0.280. The molecular weight excluding hydrogens is 278 g/mol. The Morgan fingerprint density at radius 3 is 2.75 bits per heavy atom. The van der Waals surface area contributed by atoms with E-state index in [0.717, 1.165) is 19.4 Å². The second-order valence-electron chi connectivity index (χ2n) is 5.42. The second kappa shape index (κ2) is 6.26. The standard InChI is InChI=1S/C13H23N3O3S/c1-15-6-4-3-5-11(15)8-14-20(18,19)13-7-12(10-17)16(2)9-13/h7,9,11,14,17H,3-6,8,10H2,1-2H3. The van der Waals surface area contributed by atoms with Gasteiger partial charge in [0.2, 0.25) is 10.0 Å². The number of aliphatic hydroxyl groups is 1.